The number of likely N-dealkylation sites (tertiary alicyclic amines) is 1. The highest BCUT2D eigenvalue weighted by atomic mass is 16.2. The Balaban J connectivity index is 1.42. The highest BCUT2D eigenvalue weighted by Gasteiger charge is 2.30. The van der Waals surface area contributed by atoms with Gasteiger partial charge in [0.25, 0.3) is 5.91 Å². The highest BCUT2D eigenvalue weighted by molar-refractivity contribution is 5.94. The molecule has 0 bridgehead atoms. The van der Waals surface area contributed by atoms with Gasteiger partial charge in [-0.2, -0.15) is 0 Å². The minimum absolute atomic E-state index is 0.0247. The fourth-order valence-corrected chi connectivity index (χ4v) is 4.22. The molecule has 1 aliphatic rings. The van der Waals surface area contributed by atoms with E-state index in [-0.39, 0.29) is 23.9 Å². The Bertz CT molecular complexity index is 1090. The van der Waals surface area contributed by atoms with Crippen LogP contribution in [0, 0.1) is 0 Å². The maximum atomic E-state index is 12.8. The van der Waals surface area contributed by atoms with Crippen LogP contribution in [0.5, 0.6) is 0 Å². The summed E-state index contributed by atoms with van der Waals surface area (Å²) in [6.07, 6.45) is 2.43. The van der Waals surface area contributed by atoms with Crippen molar-refractivity contribution in [2.24, 2.45) is 0 Å². The lowest BCUT2D eigenvalue weighted by molar-refractivity contribution is -0.129. The third-order valence-electron chi connectivity index (χ3n) is 6.16. The first kappa shape index (κ1) is 20.8. The van der Waals surface area contributed by atoms with Crippen molar-refractivity contribution in [1.29, 1.82) is 0 Å². The van der Waals surface area contributed by atoms with E-state index in [1.165, 1.54) is 16.3 Å². The van der Waals surface area contributed by atoms with Gasteiger partial charge in [0.05, 0.1) is 17.6 Å². The number of anilines is 1. The number of hydrogen-bond donors (Lipinski definition) is 1. The van der Waals surface area contributed by atoms with Crippen LogP contribution in [-0.4, -0.2) is 52.8 Å². The molecule has 6 nitrogen and oxygen atoms in total. The number of rotatable bonds is 5. The lowest BCUT2D eigenvalue weighted by atomic mass is 10.00. The van der Waals surface area contributed by atoms with E-state index in [0.29, 0.717) is 18.7 Å². The molecule has 31 heavy (non-hydrogen) atoms. The normalized spacial score (nSPS) is 16.9. The summed E-state index contributed by atoms with van der Waals surface area (Å²) in [7, 11) is 1.79. The van der Waals surface area contributed by atoms with Gasteiger partial charge in [0.1, 0.15) is 5.82 Å². The summed E-state index contributed by atoms with van der Waals surface area (Å²) in [5.74, 6) is 0.713. The summed E-state index contributed by atoms with van der Waals surface area (Å²) in [5.41, 5.74) is 1.77. The Kier molecular flexibility index (Phi) is 5.89. The fraction of sp³-hybridized carbons (Fsp3) is 0.320. The van der Waals surface area contributed by atoms with Crippen LogP contribution < -0.4 is 5.32 Å². The van der Waals surface area contributed by atoms with Crippen molar-refractivity contribution < 1.29 is 9.59 Å². The summed E-state index contributed by atoms with van der Waals surface area (Å²) in [4.78, 5) is 32.4. The SMILES string of the molecule is CC(=O)N(C)[C@H]1CCN(C(=O)c2ccc(N[C@@H](C)c3cccc4ccccc34)nc2)C1. The number of carbonyl (C=O) groups excluding carboxylic acids is 2. The highest BCUT2D eigenvalue weighted by Crippen LogP contribution is 2.26. The van der Waals surface area contributed by atoms with Crippen molar-refractivity contribution in [3.05, 3.63) is 71.9 Å². The number of pyridine rings is 1. The molecule has 2 amide bonds. The third-order valence-corrected chi connectivity index (χ3v) is 6.16. The summed E-state index contributed by atoms with van der Waals surface area (Å²) in [5, 5.41) is 5.87. The second-order valence-corrected chi connectivity index (χ2v) is 8.19. The first-order valence-corrected chi connectivity index (χ1v) is 10.7. The molecular weight excluding hydrogens is 388 g/mol. The third kappa shape index (κ3) is 4.38. The first-order valence-electron chi connectivity index (χ1n) is 10.7. The second kappa shape index (κ2) is 8.76. The number of hydrogen-bond acceptors (Lipinski definition) is 4. The molecule has 2 aromatic carbocycles. The van der Waals surface area contributed by atoms with Gasteiger partial charge < -0.3 is 15.1 Å². The molecule has 2 heterocycles. The maximum Gasteiger partial charge on any atom is 0.255 e. The van der Waals surface area contributed by atoms with E-state index >= 15 is 0 Å². The van der Waals surface area contributed by atoms with Crippen molar-refractivity contribution in [2.75, 3.05) is 25.5 Å². The topological polar surface area (TPSA) is 65.5 Å². The number of fused-ring (bicyclic) bond motifs is 1. The van der Waals surface area contributed by atoms with Gasteiger partial charge in [-0.25, -0.2) is 4.98 Å². The number of nitrogens with one attached hydrogen (secondary N) is 1. The van der Waals surface area contributed by atoms with E-state index in [9.17, 15) is 9.59 Å². The van der Waals surface area contributed by atoms with Gasteiger partial charge in [-0.05, 0) is 41.8 Å². The summed E-state index contributed by atoms with van der Waals surface area (Å²) in [6, 6.07) is 18.5. The van der Waals surface area contributed by atoms with Crippen LogP contribution in [-0.2, 0) is 4.79 Å². The summed E-state index contributed by atoms with van der Waals surface area (Å²) in [6.45, 7) is 4.88. The second-order valence-electron chi connectivity index (χ2n) is 8.19. The number of benzene rings is 2. The van der Waals surface area contributed by atoms with E-state index < -0.39 is 0 Å². The van der Waals surface area contributed by atoms with Gasteiger partial charge in [0, 0.05) is 33.3 Å². The van der Waals surface area contributed by atoms with Crippen LogP contribution in [0.1, 0.15) is 42.2 Å². The maximum absolute atomic E-state index is 12.8. The van der Waals surface area contributed by atoms with E-state index in [2.05, 4.69) is 47.6 Å². The zero-order valence-corrected chi connectivity index (χ0v) is 18.2. The molecule has 4 rings (SSSR count). The predicted molar refractivity (Wildman–Crippen MR) is 123 cm³/mol. The molecule has 1 aromatic heterocycles. The first-order chi connectivity index (χ1) is 14.9. The van der Waals surface area contributed by atoms with Gasteiger partial charge in [0.15, 0.2) is 0 Å². The minimum Gasteiger partial charge on any atom is -0.364 e. The van der Waals surface area contributed by atoms with Gasteiger partial charge in [-0.15, -0.1) is 0 Å². The smallest absolute Gasteiger partial charge is 0.255 e. The molecule has 160 valence electrons. The Hall–Kier alpha value is -3.41. The molecule has 0 spiro atoms. The average Bonchev–Trinajstić information content (AvgIpc) is 3.28. The summed E-state index contributed by atoms with van der Waals surface area (Å²) < 4.78 is 0. The van der Waals surface area contributed by atoms with Crippen LogP contribution in [0.3, 0.4) is 0 Å². The fourth-order valence-electron chi connectivity index (χ4n) is 4.22. The monoisotopic (exact) mass is 416 g/mol. The summed E-state index contributed by atoms with van der Waals surface area (Å²) >= 11 is 0. The van der Waals surface area contributed by atoms with E-state index in [1.807, 2.05) is 24.3 Å². The van der Waals surface area contributed by atoms with Gasteiger partial charge in [0.2, 0.25) is 5.91 Å². The zero-order chi connectivity index (χ0) is 22.0. The molecular formula is C25H28N4O2. The van der Waals surface area contributed by atoms with Crippen LogP contribution in [0.2, 0.25) is 0 Å². The van der Waals surface area contributed by atoms with E-state index in [4.69, 9.17) is 0 Å². The molecule has 1 aliphatic heterocycles. The lowest BCUT2D eigenvalue weighted by Crippen LogP contribution is -2.38. The number of likely N-dealkylation sites (N-methyl/N-ethyl adjacent to an activating group) is 1. The van der Waals surface area contributed by atoms with Crippen LogP contribution in [0.15, 0.2) is 60.8 Å². The molecule has 0 aliphatic carbocycles. The van der Waals surface area contributed by atoms with E-state index in [0.717, 1.165) is 12.2 Å². The Labute approximate surface area is 182 Å². The number of nitrogens with zero attached hydrogens (tertiary/aromatic N) is 3. The number of carbonyl (C=O) groups is 2. The molecule has 0 unspecified atom stereocenters. The van der Waals surface area contributed by atoms with Crippen molar-refractivity contribution in [3.63, 3.8) is 0 Å². The van der Waals surface area contributed by atoms with Crippen molar-refractivity contribution in [1.82, 2.24) is 14.8 Å². The number of aromatic nitrogens is 1. The van der Waals surface area contributed by atoms with Crippen molar-refractivity contribution >= 4 is 28.4 Å². The molecule has 1 N–H and O–H groups in total. The molecule has 6 heteroatoms. The Morgan fingerprint density at radius 2 is 1.90 bits per heavy atom. The Morgan fingerprint density at radius 3 is 2.65 bits per heavy atom. The molecule has 0 saturated carbocycles. The standard InChI is InChI=1S/C25H28N4O2/c1-17(22-10-6-8-19-7-4-5-9-23(19)22)27-24-12-11-20(15-26-24)25(31)29-14-13-21(16-29)28(3)18(2)30/h4-12,15,17,21H,13-14,16H2,1-3H3,(H,26,27)/t17-,21-/m0/s1. The van der Waals surface area contributed by atoms with Crippen LogP contribution >= 0.6 is 0 Å². The molecule has 1 fully saturated rings. The minimum atomic E-state index is -0.0411. The molecule has 0 radical (unpaired) electrons. The van der Waals surface area contributed by atoms with Gasteiger partial charge in [-0.1, -0.05) is 42.5 Å². The molecule has 1 saturated heterocycles. The quantitative estimate of drug-likeness (QED) is 0.680. The van der Waals surface area contributed by atoms with Crippen molar-refractivity contribution in [3.8, 4) is 0 Å². The molecule has 2 atom stereocenters. The van der Waals surface area contributed by atoms with Crippen LogP contribution in [0.4, 0.5) is 5.82 Å². The van der Waals surface area contributed by atoms with Crippen LogP contribution in [0.25, 0.3) is 10.8 Å². The van der Waals surface area contributed by atoms with Crippen molar-refractivity contribution in [2.45, 2.75) is 32.4 Å². The van der Waals surface area contributed by atoms with Gasteiger partial charge >= 0.3 is 0 Å². The number of amides is 2. The average molecular weight is 417 g/mol. The predicted octanol–water partition coefficient (Wildman–Crippen LogP) is 4.10. The zero-order valence-electron chi connectivity index (χ0n) is 18.2. The lowest BCUT2D eigenvalue weighted by Gasteiger charge is -2.23. The van der Waals surface area contributed by atoms with Gasteiger partial charge in [-0.3, -0.25) is 9.59 Å². The van der Waals surface area contributed by atoms with E-state index in [1.54, 1.807) is 30.0 Å². The molecule has 3 aromatic rings. The largest absolute Gasteiger partial charge is 0.364 e. The Morgan fingerprint density at radius 1 is 1.13 bits per heavy atom.